The van der Waals surface area contributed by atoms with E-state index >= 15 is 0 Å². The standard InChI is InChI=1S/C12H18N2O2/c1-13(2)11-7-5-6-10(8-11)9-16-12(15)14(3)4/h5-8H,9H2,1-4H3. The maximum atomic E-state index is 11.2. The van der Waals surface area contributed by atoms with Gasteiger partial charge in [-0.25, -0.2) is 4.79 Å². The van der Waals surface area contributed by atoms with Gasteiger partial charge in [0.15, 0.2) is 0 Å². The third-order valence-electron chi connectivity index (χ3n) is 2.15. The Balaban J connectivity index is 2.61. The fraction of sp³-hybridized carbons (Fsp3) is 0.417. The zero-order chi connectivity index (χ0) is 12.1. The normalized spacial score (nSPS) is 9.75. The summed E-state index contributed by atoms with van der Waals surface area (Å²) in [6.07, 6.45) is -0.324. The van der Waals surface area contributed by atoms with Crippen LogP contribution in [0.5, 0.6) is 0 Å². The molecule has 0 saturated heterocycles. The lowest BCUT2D eigenvalue weighted by molar-refractivity contribution is 0.112. The highest BCUT2D eigenvalue weighted by molar-refractivity contribution is 5.66. The molecular formula is C12H18N2O2. The van der Waals surface area contributed by atoms with Gasteiger partial charge in [0.25, 0.3) is 0 Å². The molecule has 0 N–H and O–H groups in total. The predicted octanol–water partition coefficient (Wildman–Crippen LogP) is 1.95. The molecule has 0 radical (unpaired) electrons. The van der Waals surface area contributed by atoms with Crippen LogP contribution in [0.1, 0.15) is 5.56 Å². The van der Waals surface area contributed by atoms with Crippen molar-refractivity contribution >= 4 is 11.8 Å². The van der Waals surface area contributed by atoms with Crippen LogP contribution in [0.25, 0.3) is 0 Å². The van der Waals surface area contributed by atoms with Crippen LogP contribution in [0.4, 0.5) is 10.5 Å². The summed E-state index contributed by atoms with van der Waals surface area (Å²) >= 11 is 0. The van der Waals surface area contributed by atoms with Crippen LogP contribution >= 0.6 is 0 Å². The van der Waals surface area contributed by atoms with E-state index in [1.54, 1.807) is 14.1 Å². The summed E-state index contributed by atoms with van der Waals surface area (Å²) in [7, 11) is 7.28. The van der Waals surface area contributed by atoms with E-state index in [-0.39, 0.29) is 6.09 Å². The smallest absolute Gasteiger partial charge is 0.409 e. The second-order valence-electron chi connectivity index (χ2n) is 4.01. The van der Waals surface area contributed by atoms with Crippen LogP contribution in [0.3, 0.4) is 0 Å². The minimum absolute atomic E-state index is 0.304. The highest BCUT2D eigenvalue weighted by atomic mass is 16.6. The number of ether oxygens (including phenoxy) is 1. The van der Waals surface area contributed by atoms with Gasteiger partial charge in [-0.3, -0.25) is 0 Å². The highest BCUT2D eigenvalue weighted by Gasteiger charge is 2.05. The van der Waals surface area contributed by atoms with Crippen molar-refractivity contribution in [1.82, 2.24) is 4.90 Å². The first-order chi connectivity index (χ1) is 7.50. The van der Waals surface area contributed by atoms with Gasteiger partial charge in [0.05, 0.1) is 0 Å². The van der Waals surface area contributed by atoms with E-state index in [0.29, 0.717) is 6.61 Å². The molecule has 0 unspecified atom stereocenters. The predicted molar refractivity (Wildman–Crippen MR) is 64.6 cm³/mol. The molecule has 1 aromatic carbocycles. The molecule has 0 fully saturated rings. The molecule has 0 bridgehead atoms. The first-order valence-corrected chi connectivity index (χ1v) is 5.11. The number of benzene rings is 1. The number of hydrogen-bond donors (Lipinski definition) is 0. The fourth-order valence-corrected chi connectivity index (χ4v) is 1.20. The molecule has 88 valence electrons. The molecule has 4 nitrogen and oxygen atoms in total. The monoisotopic (exact) mass is 222 g/mol. The topological polar surface area (TPSA) is 32.8 Å². The molecular weight excluding hydrogens is 204 g/mol. The van der Waals surface area contributed by atoms with Gasteiger partial charge in [-0.15, -0.1) is 0 Å². The lowest BCUT2D eigenvalue weighted by atomic mass is 10.2. The molecule has 0 heterocycles. The maximum Gasteiger partial charge on any atom is 0.409 e. The van der Waals surface area contributed by atoms with Crippen molar-refractivity contribution in [3.63, 3.8) is 0 Å². The van der Waals surface area contributed by atoms with Crippen molar-refractivity contribution in [3.05, 3.63) is 29.8 Å². The molecule has 0 atom stereocenters. The quantitative estimate of drug-likeness (QED) is 0.783. The van der Waals surface area contributed by atoms with Crippen molar-refractivity contribution in [3.8, 4) is 0 Å². The minimum Gasteiger partial charge on any atom is -0.445 e. The van der Waals surface area contributed by atoms with Crippen molar-refractivity contribution in [2.75, 3.05) is 33.1 Å². The van der Waals surface area contributed by atoms with Gasteiger partial charge in [0.2, 0.25) is 0 Å². The van der Waals surface area contributed by atoms with E-state index in [2.05, 4.69) is 0 Å². The first-order valence-electron chi connectivity index (χ1n) is 5.11. The summed E-state index contributed by atoms with van der Waals surface area (Å²) in [4.78, 5) is 14.7. The second kappa shape index (κ2) is 5.39. The molecule has 1 amide bonds. The summed E-state index contributed by atoms with van der Waals surface area (Å²) in [5.41, 5.74) is 2.08. The summed E-state index contributed by atoms with van der Waals surface area (Å²) in [5.74, 6) is 0. The molecule has 0 aromatic heterocycles. The van der Waals surface area contributed by atoms with Crippen molar-refractivity contribution < 1.29 is 9.53 Å². The lowest BCUT2D eigenvalue weighted by Gasteiger charge is -2.14. The van der Waals surface area contributed by atoms with E-state index < -0.39 is 0 Å². The Morgan fingerprint density at radius 3 is 2.50 bits per heavy atom. The third kappa shape index (κ3) is 3.46. The largest absolute Gasteiger partial charge is 0.445 e. The van der Waals surface area contributed by atoms with E-state index in [0.717, 1.165) is 11.3 Å². The van der Waals surface area contributed by atoms with Crippen LogP contribution in [-0.4, -0.2) is 39.2 Å². The molecule has 0 aliphatic heterocycles. The van der Waals surface area contributed by atoms with Crippen LogP contribution in [0.2, 0.25) is 0 Å². The van der Waals surface area contributed by atoms with E-state index in [9.17, 15) is 4.79 Å². The van der Waals surface area contributed by atoms with Gasteiger partial charge >= 0.3 is 6.09 Å². The molecule has 1 aromatic rings. The van der Waals surface area contributed by atoms with Gasteiger partial charge in [0, 0.05) is 33.9 Å². The number of anilines is 1. The molecule has 1 rings (SSSR count). The Morgan fingerprint density at radius 1 is 1.25 bits per heavy atom. The molecule has 16 heavy (non-hydrogen) atoms. The Hall–Kier alpha value is -1.71. The SMILES string of the molecule is CN(C)C(=O)OCc1cccc(N(C)C)c1. The van der Waals surface area contributed by atoms with Gasteiger partial charge in [-0.2, -0.15) is 0 Å². The average molecular weight is 222 g/mol. The van der Waals surface area contributed by atoms with Crippen LogP contribution in [-0.2, 0) is 11.3 Å². The van der Waals surface area contributed by atoms with Crippen LogP contribution in [0, 0.1) is 0 Å². The van der Waals surface area contributed by atoms with Crippen molar-refractivity contribution in [1.29, 1.82) is 0 Å². The van der Waals surface area contributed by atoms with Crippen molar-refractivity contribution in [2.24, 2.45) is 0 Å². The van der Waals surface area contributed by atoms with Gasteiger partial charge < -0.3 is 14.5 Å². The highest BCUT2D eigenvalue weighted by Crippen LogP contribution is 2.14. The number of carbonyl (C=O) groups excluding carboxylic acids is 1. The first kappa shape index (κ1) is 12.4. The molecule has 0 spiro atoms. The van der Waals surface area contributed by atoms with Gasteiger partial charge in [0.1, 0.15) is 6.61 Å². The number of amides is 1. The zero-order valence-corrected chi connectivity index (χ0v) is 10.2. The average Bonchev–Trinajstić information content (AvgIpc) is 2.26. The zero-order valence-electron chi connectivity index (χ0n) is 10.2. The Kier molecular flexibility index (Phi) is 4.17. The lowest BCUT2D eigenvalue weighted by Crippen LogP contribution is -2.22. The Morgan fingerprint density at radius 2 is 1.94 bits per heavy atom. The van der Waals surface area contributed by atoms with Gasteiger partial charge in [-0.1, -0.05) is 12.1 Å². The van der Waals surface area contributed by atoms with Crippen molar-refractivity contribution in [2.45, 2.75) is 6.61 Å². The second-order valence-corrected chi connectivity index (χ2v) is 4.01. The summed E-state index contributed by atoms with van der Waals surface area (Å²) < 4.78 is 5.09. The summed E-state index contributed by atoms with van der Waals surface area (Å²) in [6, 6.07) is 7.91. The number of rotatable bonds is 3. The molecule has 0 aliphatic rings. The van der Waals surface area contributed by atoms with Gasteiger partial charge in [-0.05, 0) is 17.7 Å². The summed E-state index contributed by atoms with van der Waals surface area (Å²) in [5, 5.41) is 0. The van der Waals surface area contributed by atoms with E-state index in [4.69, 9.17) is 4.74 Å². The van der Waals surface area contributed by atoms with Crippen LogP contribution < -0.4 is 4.90 Å². The maximum absolute atomic E-state index is 11.2. The van der Waals surface area contributed by atoms with E-state index in [1.165, 1.54) is 4.90 Å². The molecule has 4 heteroatoms. The molecule has 0 saturated carbocycles. The Labute approximate surface area is 96.4 Å². The summed E-state index contributed by atoms with van der Waals surface area (Å²) in [6.45, 7) is 0.304. The Bertz CT molecular complexity index is 362. The number of hydrogen-bond acceptors (Lipinski definition) is 3. The van der Waals surface area contributed by atoms with E-state index in [1.807, 2.05) is 43.3 Å². The fourth-order valence-electron chi connectivity index (χ4n) is 1.20. The number of nitrogens with zero attached hydrogens (tertiary/aromatic N) is 2. The molecule has 0 aliphatic carbocycles. The minimum atomic E-state index is -0.324. The van der Waals surface area contributed by atoms with Crippen LogP contribution in [0.15, 0.2) is 24.3 Å². The third-order valence-corrected chi connectivity index (χ3v) is 2.15. The number of carbonyl (C=O) groups is 1.